The molecule has 7 nitrogen and oxygen atoms in total. The van der Waals surface area contributed by atoms with Gasteiger partial charge in [-0.3, -0.25) is 9.59 Å². The van der Waals surface area contributed by atoms with E-state index in [0.29, 0.717) is 19.4 Å². The Hall–Kier alpha value is -2.22. The molecule has 7 unspecified atom stereocenters. The predicted molar refractivity (Wildman–Crippen MR) is 130 cm³/mol. The maximum Gasteiger partial charge on any atom is 0.303 e. The molecule has 0 amide bonds. The van der Waals surface area contributed by atoms with Crippen molar-refractivity contribution >= 4 is 18.0 Å². The van der Waals surface area contributed by atoms with Crippen LogP contribution in [0.5, 0.6) is 0 Å². The van der Waals surface area contributed by atoms with Crippen molar-refractivity contribution in [3.8, 4) is 0 Å². The van der Waals surface area contributed by atoms with Gasteiger partial charge in [0.05, 0.1) is 29.3 Å². The van der Waals surface area contributed by atoms with Crippen LogP contribution in [0.25, 0.3) is 6.08 Å². The molecule has 1 aromatic rings. The van der Waals surface area contributed by atoms with Crippen molar-refractivity contribution in [1.82, 2.24) is 0 Å². The summed E-state index contributed by atoms with van der Waals surface area (Å²) < 4.78 is 24.8. The molecular weight excluding hydrogens is 448 g/mol. The van der Waals surface area contributed by atoms with E-state index in [0.717, 1.165) is 5.56 Å². The van der Waals surface area contributed by atoms with Gasteiger partial charge in [-0.15, -0.1) is 0 Å². The van der Waals surface area contributed by atoms with Gasteiger partial charge >= 0.3 is 11.9 Å². The summed E-state index contributed by atoms with van der Waals surface area (Å²) in [4.78, 5) is 24.2. The van der Waals surface area contributed by atoms with E-state index in [1.54, 1.807) is 6.92 Å². The zero-order valence-corrected chi connectivity index (χ0v) is 21.6. The number of carbonyl (C=O) groups excluding carboxylic acids is 2. The van der Waals surface area contributed by atoms with Crippen LogP contribution in [0.1, 0.15) is 66.4 Å². The maximum absolute atomic E-state index is 12.3. The van der Waals surface area contributed by atoms with Gasteiger partial charge in [-0.2, -0.15) is 0 Å². The molecule has 2 saturated carbocycles. The molecule has 0 aromatic heterocycles. The maximum atomic E-state index is 12.3. The van der Waals surface area contributed by atoms with E-state index in [1.165, 1.54) is 13.8 Å². The topological polar surface area (TPSA) is 91.3 Å². The lowest BCUT2D eigenvalue weighted by Gasteiger charge is -2.64. The standard InChI is InChI=1S/C28H38O7/c1-18(29)33-22-17-26(5,31)28-16-21(25(3,4)35-28)15-23(27(28,6)24(22)34-19(2)30)32-14-10-13-20-11-8-7-9-12-20/h7-13,21-24,31H,14-17H2,1-6H3. The fraction of sp³-hybridized carbons (Fsp3) is 0.643. The molecule has 192 valence electrons. The fourth-order valence-corrected chi connectivity index (χ4v) is 6.85. The number of benzene rings is 1. The molecule has 1 spiro atoms. The van der Waals surface area contributed by atoms with Crippen LogP contribution < -0.4 is 0 Å². The summed E-state index contributed by atoms with van der Waals surface area (Å²) in [6, 6.07) is 9.96. The summed E-state index contributed by atoms with van der Waals surface area (Å²) in [6.07, 6.45) is 3.27. The highest BCUT2D eigenvalue weighted by Gasteiger charge is 2.78. The van der Waals surface area contributed by atoms with E-state index in [4.69, 9.17) is 18.9 Å². The predicted octanol–water partition coefficient (Wildman–Crippen LogP) is 4.07. The van der Waals surface area contributed by atoms with Crippen LogP contribution in [0.15, 0.2) is 36.4 Å². The molecule has 1 heterocycles. The van der Waals surface area contributed by atoms with Gasteiger partial charge in [-0.05, 0) is 45.1 Å². The molecule has 7 atom stereocenters. The van der Waals surface area contributed by atoms with E-state index in [1.807, 2.05) is 63.3 Å². The second kappa shape index (κ2) is 9.02. The van der Waals surface area contributed by atoms with Crippen LogP contribution in [-0.2, 0) is 28.5 Å². The lowest BCUT2D eigenvalue weighted by molar-refractivity contribution is -0.328. The van der Waals surface area contributed by atoms with Crippen molar-refractivity contribution in [2.45, 2.75) is 95.9 Å². The SMILES string of the molecule is CC(=O)OC1CC(C)(O)C23CC(CC(OCC=Cc4ccccc4)C2(C)C1OC(C)=O)C(C)(C)O3. The zero-order chi connectivity index (χ0) is 25.6. The highest BCUT2D eigenvalue weighted by Crippen LogP contribution is 2.68. The van der Waals surface area contributed by atoms with Gasteiger partial charge in [-0.1, -0.05) is 49.4 Å². The van der Waals surface area contributed by atoms with Crippen LogP contribution in [0, 0.1) is 11.3 Å². The monoisotopic (exact) mass is 486 g/mol. The van der Waals surface area contributed by atoms with Crippen LogP contribution in [0.2, 0.25) is 0 Å². The molecule has 1 N–H and O–H groups in total. The molecule has 7 heteroatoms. The van der Waals surface area contributed by atoms with Crippen LogP contribution in [0.4, 0.5) is 0 Å². The second-order valence-electron chi connectivity index (χ2n) is 11.2. The first-order valence-electron chi connectivity index (χ1n) is 12.4. The van der Waals surface area contributed by atoms with Crippen LogP contribution >= 0.6 is 0 Å². The molecule has 3 aliphatic rings. The number of fused-ring (bicyclic) bond motifs is 1. The third-order valence-electron chi connectivity index (χ3n) is 8.50. The van der Waals surface area contributed by atoms with Crippen molar-refractivity contribution in [2.75, 3.05) is 6.61 Å². The lowest BCUT2D eigenvalue weighted by atomic mass is 9.48. The third-order valence-corrected chi connectivity index (χ3v) is 8.50. The molecule has 2 aliphatic carbocycles. The highest BCUT2D eigenvalue weighted by molar-refractivity contribution is 5.67. The number of hydrogen-bond donors (Lipinski definition) is 1. The molecular formula is C28H38O7. The summed E-state index contributed by atoms with van der Waals surface area (Å²) in [5.74, 6) is -0.826. The summed E-state index contributed by atoms with van der Waals surface area (Å²) in [5, 5.41) is 11.9. The van der Waals surface area contributed by atoms with E-state index >= 15 is 0 Å². The van der Waals surface area contributed by atoms with Crippen molar-refractivity contribution in [2.24, 2.45) is 11.3 Å². The van der Waals surface area contributed by atoms with Crippen molar-refractivity contribution < 1.29 is 33.6 Å². The summed E-state index contributed by atoms with van der Waals surface area (Å²) in [5.41, 5.74) is -2.78. The number of rotatable bonds is 6. The van der Waals surface area contributed by atoms with E-state index in [-0.39, 0.29) is 12.3 Å². The molecule has 1 aliphatic heterocycles. The van der Waals surface area contributed by atoms with Crippen LogP contribution in [0.3, 0.4) is 0 Å². The molecule has 1 saturated heterocycles. The number of carbonyl (C=O) groups is 2. The Bertz CT molecular complexity index is 984. The average molecular weight is 487 g/mol. The Kier molecular flexibility index (Phi) is 6.66. The Labute approximate surface area is 207 Å². The first-order chi connectivity index (χ1) is 16.3. The zero-order valence-electron chi connectivity index (χ0n) is 21.6. The number of hydrogen-bond acceptors (Lipinski definition) is 7. The third kappa shape index (κ3) is 4.32. The molecule has 3 fully saturated rings. The normalized spacial score (nSPS) is 39.7. The Morgan fingerprint density at radius 1 is 1.06 bits per heavy atom. The number of esters is 2. The van der Waals surface area contributed by atoms with E-state index < -0.39 is 52.5 Å². The van der Waals surface area contributed by atoms with Gasteiger partial charge in [-0.25, -0.2) is 0 Å². The van der Waals surface area contributed by atoms with Gasteiger partial charge in [0, 0.05) is 20.3 Å². The van der Waals surface area contributed by atoms with Gasteiger partial charge in [0.1, 0.15) is 17.8 Å². The smallest absolute Gasteiger partial charge is 0.303 e. The van der Waals surface area contributed by atoms with Crippen molar-refractivity contribution in [3.63, 3.8) is 0 Å². The average Bonchev–Trinajstić information content (AvgIpc) is 3.00. The largest absolute Gasteiger partial charge is 0.458 e. The molecule has 1 aromatic carbocycles. The van der Waals surface area contributed by atoms with Gasteiger partial charge in [0.2, 0.25) is 0 Å². The minimum Gasteiger partial charge on any atom is -0.458 e. The first-order valence-corrected chi connectivity index (χ1v) is 12.4. The minimum absolute atomic E-state index is 0.101. The van der Waals surface area contributed by atoms with Gasteiger partial charge < -0.3 is 24.1 Å². The lowest BCUT2D eigenvalue weighted by Crippen LogP contribution is -2.77. The number of aliphatic hydroxyl groups is 1. The Morgan fingerprint density at radius 2 is 1.71 bits per heavy atom. The quantitative estimate of drug-likeness (QED) is 0.606. The second-order valence-corrected chi connectivity index (χ2v) is 11.2. The van der Waals surface area contributed by atoms with Gasteiger partial charge in [0.15, 0.2) is 0 Å². The highest BCUT2D eigenvalue weighted by atomic mass is 16.6. The van der Waals surface area contributed by atoms with Crippen molar-refractivity contribution in [3.05, 3.63) is 42.0 Å². The Morgan fingerprint density at radius 3 is 2.34 bits per heavy atom. The minimum atomic E-state index is -1.34. The fourth-order valence-electron chi connectivity index (χ4n) is 6.85. The van der Waals surface area contributed by atoms with Crippen molar-refractivity contribution in [1.29, 1.82) is 0 Å². The summed E-state index contributed by atoms with van der Waals surface area (Å²) in [6.45, 7) is 10.8. The van der Waals surface area contributed by atoms with Gasteiger partial charge in [0.25, 0.3) is 0 Å². The molecule has 4 rings (SSSR count). The first kappa shape index (κ1) is 25.9. The van der Waals surface area contributed by atoms with Crippen LogP contribution in [-0.4, -0.2) is 58.8 Å². The van der Waals surface area contributed by atoms with E-state index in [2.05, 4.69) is 0 Å². The molecule has 2 bridgehead atoms. The van der Waals surface area contributed by atoms with E-state index in [9.17, 15) is 14.7 Å². The molecule has 0 radical (unpaired) electrons. The summed E-state index contributed by atoms with van der Waals surface area (Å²) in [7, 11) is 0. The summed E-state index contributed by atoms with van der Waals surface area (Å²) >= 11 is 0. The number of ether oxygens (including phenoxy) is 4. The molecule has 35 heavy (non-hydrogen) atoms. The Balaban J connectivity index is 1.73.